The van der Waals surface area contributed by atoms with E-state index in [1.54, 1.807) is 0 Å². The number of allylic oxidation sites excluding steroid dienone is 2. The number of halogens is 2. The van der Waals surface area contributed by atoms with Crippen molar-refractivity contribution in [3.63, 3.8) is 0 Å². The number of hydrogen-bond acceptors (Lipinski definition) is 0. The Labute approximate surface area is 157 Å². The van der Waals surface area contributed by atoms with Gasteiger partial charge in [0.25, 0.3) is 0 Å². The fourth-order valence-electron chi connectivity index (χ4n) is 5.79. The molecule has 0 heterocycles. The Morgan fingerprint density at radius 1 is 0.846 bits per heavy atom. The van der Waals surface area contributed by atoms with Crippen LogP contribution in [0, 0.1) is 0 Å². The van der Waals surface area contributed by atoms with Crippen molar-refractivity contribution in [2.75, 3.05) is 0 Å². The zero-order chi connectivity index (χ0) is 18.7. The van der Waals surface area contributed by atoms with Gasteiger partial charge in [-0.05, 0) is 0 Å². The van der Waals surface area contributed by atoms with Crippen molar-refractivity contribution in [1.29, 1.82) is 0 Å². The van der Waals surface area contributed by atoms with Crippen LogP contribution in [0.5, 0.6) is 0 Å². The predicted molar refractivity (Wildman–Crippen MR) is 116 cm³/mol. The van der Waals surface area contributed by atoms with Crippen LogP contribution in [0.3, 0.4) is 0 Å². The van der Waals surface area contributed by atoms with Crippen LogP contribution >= 0.6 is 17.0 Å². The van der Waals surface area contributed by atoms with Crippen LogP contribution in [0.15, 0.2) is 60.7 Å². The van der Waals surface area contributed by atoms with Gasteiger partial charge in [-0.25, -0.2) is 0 Å². The third kappa shape index (κ3) is 2.33. The van der Waals surface area contributed by atoms with Crippen molar-refractivity contribution < 1.29 is 12.9 Å². The Bertz CT molecular complexity index is 1020. The summed E-state index contributed by atoms with van der Waals surface area (Å²) in [4.78, 5) is 0. The van der Waals surface area contributed by atoms with Gasteiger partial charge in [0.2, 0.25) is 0 Å². The van der Waals surface area contributed by atoms with Crippen molar-refractivity contribution in [2.45, 2.75) is 29.4 Å². The zero-order valence-electron chi connectivity index (χ0n) is 15.5. The van der Waals surface area contributed by atoms with E-state index in [1.165, 1.54) is 22.3 Å². The molecule has 0 aliphatic heterocycles. The summed E-state index contributed by atoms with van der Waals surface area (Å²) in [6.07, 6.45) is 9.71. The van der Waals surface area contributed by atoms with E-state index in [0.717, 1.165) is 10.5 Å². The molecule has 3 heteroatoms. The molecule has 0 aromatic heterocycles. The van der Waals surface area contributed by atoms with E-state index < -0.39 is 12.9 Å². The molecule has 26 heavy (non-hydrogen) atoms. The van der Waals surface area contributed by atoms with Crippen molar-refractivity contribution in [1.82, 2.24) is 0 Å². The normalized spacial score (nSPS) is 25.0. The van der Waals surface area contributed by atoms with E-state index in [2.05, 4.69) is 84.4 Å². The Kier molecular flexibility index (Phi) is 3.44. The minimum absolute atomic E-state index is 0.0490. The molecule has 0 N–H and O–H groups in total. The summed E-state index contributed by atoms with van der Waals surface area (Å²) in [5.41, 5.74) is 4.88. The topological polar surface area (TPSA) is 0 Å². The average molecular weight is 465 g/mol. The van der Waals surface area contributed by atoms with Gasteiger partial charge in [-0.2, -0.15) is 0 Å². The number of benzene rings is 2. The molecule has 0 saturated heterocycles. The molecule has 0 nitrogen and oxygen atoms in total. The summed E-state index contributed by atoms with van der Waals surface area (Å²) >= 11 is -5.67. The first-order chi connectivity index (χ1) is 12.0. The Hall–Kier alpha value is -0.747. The third-order valence-corrected chi connectivity index (χ3v) is 34.5. The molecule has 2 aromatic rings. The van der Waals surface area contributed by atoms with Crippen LogP contribution in [-0.4, -0.2) is 4.21 Å². The van der Waals surface area contributed by atoms with Crippen molar-refractivity contribution >= 4 is 33.4 Å². The van der Waals surface area contributed by atoms with Gasteiger partial charge in [0.15, 0.2) is 0 Å². The first kappa shape index (κ1) is 18.6. The van der Waals surface area contributed by atoms with Gasteiger partial charge in [0.05, 0.1) is 0 Å². The van der Waals surface area contributed by atoms with E-state index >= 15 is 0 Å². The minimum atomic E-state index is -5.67. The second-order valence-corrected chi connectivity index (χ2v) is 52.6. The second kappa shape index (κ2) is 4.80. The molecule has 2 aliphatic rings. The van der Waals surface area contributed by atoms with E-state index in [9.17, 15) is 0 Å². The Morgan fingerprint density at radius 3 is 1.69 bits per heavy atom. The first-order valence-electron chi connectivity index (χ1n) is 9.51. The van der Waals surface area contributed by atoms with Gasteiger partial charge in [-0.15, -0.1) is 0 Å². The Morgan fingerprint density at radius 2 is 1.27 bits per heavy atom. The number of hydrogen-bond donors (Lipinski definition) is 0. The molecular formula is C23H26Cl2Zr. The van der Waals surface area contributed by atoms with Gasteiger partial charge in [0.1, 0.15) is 0 Å². The van der Waals surface area contributed by atoms with Gasteiger partial charge in [-0.1, -0.05) is 0 Å². The molecule has 0 radical (unpaired) electrons. The van der Waals surface area contributed by atoms with Crippen molar-refractivity contribution in [3.05, 3.63) is 82.9 Å². The number of rotatable bonds is 4. The van der Waals surface area contributed by atoms with Gasteiger partial charge < -0.3 is 0 Å². The first-order valence-corrected chi connectivity index (χ1v) is 24.6. The van der Waals surface area contributed by atoms with Gasteiger partial charge in [-0.3, -0.25) is 0 Å². The van der Waals surface area contributed by atoms with Crippen LogP contribution in [0.1, 0.15) is 42.8 Å². The van der Waals surface area contributed by atoms with E-state index in [4.69, 9.17) is 21.2 Å². The molecular weight excluding hydrogens is 438 g/mol. The molecule has 2 unspecified atom stereocenters. The molecule has 2 atom stereocenters. The predicted octanol–water partition coefficient (Wildman–Crippen LogP) is 7.90. The molecule has 2 aromatic carbocycles. The molecule has 136 valence electrons. The molecule has 0 saturated carbocycles. The zero-order valence-corrected chi connectivity index (χ0v) is 19.4. The van der Waals surface area contributed by atoms with Crippen LogP contribution in [0.4, 0.5) is 0 Å². The van der Waals surface area contributed by atoms with E-state index in [0.29, 0.717) is 0 Å². The summed E-state index contributed by atoms with van der Waals surface area (Å²) < 4.78 is 7.75. The summed E-state index contributed by atoms with van der Waals surface area (Å²) in [5, 5.41) is 0. The van der Waals surface area contributed by atoms with Crippen LogP contribution in [-0.2, 0) is 12.9 Å². The van der Waals surface area contributed by atoms with Gasteiger partial charge >= 0.3 is 159 Å². The summed E-state index contributed by atoms with van der Waals surface area (Å²) in [7, 11) is 16.0. The fraction of sp³-hybridized carbons (Fsp3) is 0.261. The van der Waals surface area contributed by atoms with Crippen LogP contribution in [0.25, 0.3) is 12.2 Å². The van der Waals surface area contributed by atoms with Crippen LogP contribution < -0.4 is 0 Å². The average Bonchev–Trinajstić information content (AvgIpc) is 3.20. The summed E-state index contributed by atoms with van der Waals surface area (Å²) in [6.45, 7) is 2.17. The van der Waals surface area contributed by atoms with E-state index in [-0.39, 0.29) is 7.25 Å². The standard InChI is InChI=1S/2C9H7.C3H7.CH3.CH2.2ClH.Zr/c2*1-2-5-9-7-3-6-8(9)4-1;1-3-2;;;;;/h2*1-7H;1,3H2,2H3;1H3;1H2;2*1H;/q;;;;;;;+2/p-2. The quantitative estimate of drug-likeness (QED) is 0.431. The second-order valence-electron chi connectivity index (χ2n) is 9.62. The molecule has 0 spiro atoms. The SMILES string of the molecule is [CH2]=[Zr]([CH3])([Cl])([Cl])([CH2]CC)([CH]1C=Cc2ccccc21)[CH]1C=Cc2ccccc21. The molecule has 4 rings (SSSR count). The van der Waals surface area contributed by atoms with Crippen LogP contribution in [0.2, 0.25) is 8.76 Å². The maximum atomic E-state index is 8.02. The number of fused-ring (bicyclic) bond motifs is 2. The van der Waals surface area contributed by atoms with Crippen molar-refractivity contribution in [3.8, 4) is 0 Å². The third-order valence-electron chi connectivity index (χ3n) is 7.08. The monoisotopic (exact) mass is 462 g/mol. The van der Waals surface area contributed by atoms with E-state index in [1.807, 2.05) is 0 Å². The molecule has 2 aliphatic carbocycles. The van der Waals surface area contributed by atoms with Crippen molar-refractivity contribution in [2.24, 2.45) is 0 Å². The summed E-state index contributed by atoms with van der Waals surface area (Å²) in [6, 6.07) is 16.9. The van der Waals surface area contributed by atoms with Gasteiger partial charge in [0, 0.05) is 0 Å². The Balaban J connectivity index is 2.07. The maximum absolute atomic E-state index is 8.02. The molecule has 0 amide bonds. The fourth-order valence-corrected chi connectivity index (χ4v) is 30.5. The molecule has 0 fully saturated rings. The molecule has 0 bridgehead atoms. The summed E-state index contributed by atoms with van der Waals surface area (Å²) in [5.74, 6) is 0.